The first kappa shape index (κ1) is 18.5. The fourth-order valence-electron chi connectivity index (χ4n) is 3.36. The summed E-state index contributed by atoms with van der Waals surface area (Å²) in [4.78, 5) is 18.8. The van der Waals surface area contributed by atoms with Crippen molar-refractivity contribution >= 4 is 5.91 Å². The third kappa shape index (κ3) is 4.64. The summed E-state index contributed by atoms with van der Waals surface area (Å²) in [6.07, 6.45) is 5.91. The molecule has 2 aromatic rings. The lowest BCUT2D eigenvalue weighted by atomic mass is 10.1. The molecule has 1 aliphatic heterocycles. The van der Waals surface area contributed by atoms with Gasteiger partial charge < -0.3 is 18.9 Å². The summed E-state index contributed by atoms with van der Waals surface area (Å²) in [6, 6.07) is 8.01. The summed E-state index contributed by atoms with van der Waals surface area (Å²) in [5.74, 6) is 2.05. The van der Waals surface area contributed by atoms with E-state index in [1.807, 2.05) is 29.3 Å². The van der Waals surface area contributed by atoms with E-state index in [1.165, 1.54) is 0 Å². The number of benzene rings is 1. The summed E-state index contributed by atoms with van der Waals surface area (Å²) < 4.78 is 13.2. The van der Waals surface area contributed by atoms with Crippen molar-refractivity contribution in [2.45, 2.75) is 38.8 Å². The van der Waals surface area contributed by atoms with Crippen molar-refractivity contribution in [1.29, 1.82) is 0 Å². The van der Waals surface area contributed by atoms with Crippen LogP contribution in [0.5, 0.6) is 5.75 Å². The molecule has 0 unspecified atom stereocenters. The first-order valence-electron chi connectivity index (χ1n) is 9.22. The van der Waals surface area contributed by atoms with Crippen LogP contribution in [-0.2, 0) is 28.9 Å². The fourth-order valence-corrected chi connectivity index (χ4v) is 3.36. The minimum absolute atomic E-state index is 0.0271. The van der Waals surface area contributed by atoms with Crippen LogP contribution in [0.4, 0.5) is 0 Å². The molecular formula is C20H27N3O3. The van der Waals surface area contributed by atoms with Gasteiger partial charge in [-0.2, -0.15) is 0 Å². The summed E-state index contributed by atoms with van der Waals surface area (Å²) in [7, 11) is 1.67. The quantitative estimate of drug-likeness (QED) is 0.763. The maximum atomic E-state index is 12.6. The van der Waals surface area contributed by atoms with E-state index in [0.29, 0.717) is 32.7 Å². The van der Waals surface area contributed by atoms with E-state index in [2.05, 4.69) is 22.5 Å². The van der Waals surface area contributed by atoms with Crippen LogP contribution in [0.2, 0.25) is 0 Å². The number of carbonyl (C=O) groups is 1. The predicted molar refractivity (Wildman–Crippen MR) is 99.2 cm³/mol. The van der Waals surface area contributed by atoms with Crippen molar-refractivity contribution in [2.24, 2.45) is 0 Å². The highest BCUT2D eigenvalue weighted by Crippen LogP contribution is 2.17. The van der Waals surface area contributed by atoms with Crippen LogP contribution < -0.4 is 4.74 Å². The molecule has 1 amide bonds. The lowest BCUT2D eigenvalue weighted by Crippen LogP contribution is -2.46. The molecule has 1 atom stereocenters. The molecule has 0 spiro atoms. The maximum absolute atomic E-state index is 12.6. The topological polar surface area (TPSA) is 56.6 Å². The van der Waals surface area contributed by atoms with Crippen LogP contribution in [0, 0.1) is 0 Å². The Labute approximate surface area is 154 Å². The molecule has 140 valence electrons. The number of ether oxygens (including phenoxy) is 2. The predicted octanol–water partition coefficient (Wildman–Crippen LogP) is 2.31. The van der Waals surface area contributed by atoms with Crippen molar-refractivity contribution < 1.29 is 14.3 Å². The van der Waals surface area contributed by atoms with E-state index >= 15 is 0 Å². The fraction of sp³-hybridized carbons (Fsp3) is 0.500. The van der Waals surface area contributed by atoms with Gasteiger partial charge in [0.25, 0.3) is 0 Å². The molecule has 6 nitrogen and oxygen atoms in total. The van der Waals surface area contributed by atoms with Crippen LogP contribution >= 0.6 is 0 Å². The normalized spacial score (nSPS) is 17.3. The van der Waals surface area contributed by atoms with Gasteiger partial charge in [0, 0.05) is 51.3 Å². The Kier molecular flexibility index (Phi) is 6.28. The van der Waals surface area contributed by atoms with Gasteiger partial charge in [0.15, 0.2) is 0 Å². The highest BCUT2D eigenvalue weighted by molar-refractivity contribution is 5.76. The average Bonchev–Trinajstić information content (AvgIpc) is 3.14. The molecule has 1 saturated heterocycles. The van der Waals surface area contributed by atoms with Gasteiger partial charge in [0.2, 0.25) is 5.91 Å². The Morgan fingerprint density at radius 3 is 3.12 bits per heavy atom. The summed E-state index contributed by atoms with van der Waals surface area (Å²) in [5.41, 5.74) is 1.16. The minimum Gasteiger partial charge on any atom is -0.497 e. The number of amides is 1. The zero-order valence-electron chi connectivity index (χ0n) is 15.6. The number of morpholine rings is 1. The number of hydrogen-bond donors (Lipinski definition) is 0. The van der Waals surface area contributed by atoms with Crippen molar-refractivity contribution in [3.05, 3.63) is 48.0 Å². The third-order valence-corrected chi connectivity index (χ3v) is 4.77. The number of aryl methyl sites for hydroxylation is 2. The molecule has 0 saturated carbocycles. The lowest BCUT2D eigenvalue weighted by molar-refractivity contribution is -0.138. The van der Waals surface area contributed by atoms with Crippen molar-refractivity contribution in [3.8, 4) is 5.75 Å². The Morgan fingerprint density at radius 2 is 2.31 bits per heavy atom. The van der Waals surface area contributed by atoms with Gasteiger partial charge in [0.05, 0.1) is 19.8 Å². The van der Waals surface area contributed by atoms with Gasteiger partial charge in [0.1, 0.15) is 11.6 Å². The van der Waals surface area contributed by atoms with Gasteiger partial charge in [-0.3, -0.25) is 4.79 Å². The SMILES string of the molecule is CCc1nccn1CCC(=O)N1CCO[C@H](Cc2cccc(OC)c2)C1. The van der Waals surface area contributed by atoms with Gasteiger partial charge in [-0.25, -0.2) is 4.98 Å². The van der Waals surface area contributed by atoms with Gasteiger partial charge in [-0.05, 0) is 17.7 Å². The molecule has 3 rings (SSSR count). The van der Waals surface area contributed by atoms with Gasteiger partial charge >= 0.3 is 0 Å². The summed E-state index contributed by atoms with van der Waals surface area (Å²) >= 11 is 0. The largest absolute Gasteiger partial charge is 0.497 e. The molecule has 1 aliphatic rings. The van der Waals surface area contributed by atoms with Crippen molar-refractivity contribution in [2.75, 3.05) is 26.8 Å². The first-order chi connectivity index (χ1) is 12.7. The molecule has 1 fully saturated rings. The molecule has 1 aromatic carbocycles. The zero-order chi connectivity index (χ0) is 18.4. The maximum Gasteiger partial charge on any atom is 0.224 e. The zero-order valence-corrected chi connectivity index (χ0v) is 15.6. The molecule has 0 bridgehead atoms. The molecule has 0 N–H and O–H groups in total. The van der Waals surface area contributed by atoms with Crippen LogP contribution in [0.25, 0.3) is 0 Å². The second-order valence-electron chi connectivity index (χ2n) is 6.53. The van der Waals surface area contributed by atoms with Crippen LogP contribution in [0.3, 0.4) is 0 Å². The highest BCUT2D eigenvalue weighted by Gasteiger charge is 2.24. The Morgan fingerprint density at radius 1 is 1.42 bits per heavy atom. The van der Waals surface area contributed by atoms with Crippen LogP contribution in [0.1, 0.15) is 24.7 Å². The van der Waals surface area contributed by atoms with E-state index in [4.69, 9.17) is 9.47 Å². The number of carbonyl (C=O) groups excluding carboxylic acids is 1. The Hall–Kier alpha value is -2.34. The molecule has 1 aromatic heterocycles. The van der Waals surface area contributed by atoms with Crippen LogP contribution in [0.15, 0.2) is 36.7 Å². The monoisotopic (exact) mass is 357 g/mol. The number of nitrogens with zero attached hydrogens (tertiary/aromatic N) is 3. The molecule has 6 heteroatoms. The summed E-state index contributed by atoms with van der Waals surface area (Å²) in [6.45, 7) is 4.65. The van der Waals surface area contributed by atoms with E-state index in [1.54, 1.807) is 13.3 Å². The second kappa shape index (κ2) is 8.85. The van der Waals surface area contributed by atoms with E-state index < -0.39 is 0 Å². The Bertz CT molecular complexity index is 729. The van der Waals surface area contributed by atoms with E-state index in [0.717, 1.165) is 30.0 Å². The first-order valence-corrected chi connectivity index (χ1v) is 9.22. The molecular weight excluding hydrogens is 330 g/mol. The molecule has 0 radical (unpaired) electrons. The van der Waals surface area contributed by atoms with E-state index in [9.17, 15) is 4.79 Å². The van der Waals surface area contributed by atoms with Crippen LogP contribution in [-0.4, -0.2) is 53.3 Å². The minimum atomic E-state index is 0.0271. The van der Waals surface area contributed by atoms with Gasteiger partial charge in [-0.15, -0.1) is 0 Å². The lowest BCUT2D eigenvalue weighted by Gasteiger charge is -2.33. The number of methoxy groups -OCH3 is 1. The highest BCUT2D eigenvalue weighted by atomic mass is 16.5. The standard InChI is InChI=1S/C20H27N3O3/c1-3-19-21-8-10-22(19)9-7-20(24)23-11-12-26-18(15-23)14-16-5-4-6-17(13-16)25-2/h4-6,8,10,13,18H,3,7,9,11-12,14-15H2,1-2H3/t18-/m1/s1. The second-order valence-corrected chi connectivity index (χ2v) is 6.53. The summed E-state index contributed by atoms with van der Waals surface area (Å²) in [5, 5.41) is 0. The molecule has 26 heavy (non-hydrogen) atoms. The molecule has 0 aliphatic carbocycles. The number of aromatic nitrogens is 2. The number of imidazole rings is 1. The molecule has 2 heterocycles. The Balaban J connectivity index is 1.53. The van der Waals surface area contributed by atoms with Crippen molar-refractivity contribution in [3.63, 3.8) is 0 Å². The number of rotatable bonds is 7. The van der Waals surface area contributed by atoms with E-state index in [-0.39, 0.29) is 12.0 Å². The number of hydrogen-bond acceptors (Lipinski definition) is 4. The average molecular weight is 357 g/mol. The smallest absolute Gasteiger partial charge is 0.224 e. The van der Waals surface area contributed by atoms with Gasteiger partial charge in [-0.1, -0.05) is 19.1 Å². The third-order valence-electron chi connectivity index (χ3n) is 4.77. The van der Waals surface area contributed by atoms with Crippen molar-refractivity contribution in [1.82, 2.24) is 14.5 Å².